The molecule has 4 N–H and O–H groups in total. The lowest BCUT2D eigenvalue weighted by molar-refractivity contribution is -0.137. The van der Waals surface area contributed by atoms with Crippen LogP contribution in [-0.2, 0) is 14.3 Å². The van der Waals surface area contributed by atoms with E-state index in [-0.39, 0.29) is 23.9 Å². The third kappa shape index (κ3) is 6.99. The van der Waals surface area contributed by atoms with E-state index < -0.39 is 29.1 Å². The molecule has 1 heterocycles. The van der Waals surface area contributed by atoms with Crippen molar-refractivity contribution in [1.29, 1.82) is 0 Å². The molecule has 3 rings (SSSR count). The van der Waals surface area contributed by atoms with Crippen molar-refractivity contribution in [3.05, 3.63) is 42.5 Å². The van der Waals surface area contributed by atoms with Crippen LogP contribution in [0.5, 0.6) is 5.75 Å². The van der Waals surface area contributed by atoms with Crippen LogP contribution in [0.25, 0.3) is 0 Å². The van der Waals surface area contributed by atoms with E-state index in [0.717, 1.165) is 0 Å². The van der Waals surface area contributed by atoms with Gasteiger partial charge in [0.15, 0.2) is 11.4 Å². The third-order valence-electron chi connectivity index (χ3n) is 4.37. The molecular weight excluding hydrogens is 428 g/mol. The van der Waals surface area contributed by atoms with Gasteiger partial charge in [-0.2, -0.15) is 10.2 Å². The van der Waals surface area contributed by atoms with Crippen molar-refractivity contribution in [1.82, 2.24) is 10.3 Å². The Morgan fingerprint density at radius 3 is 2.42 bits per heavy atom. The molecule has 1 aliphatic carbocycles. The highest BCUT2D eigenvalue weighted by atomic mass is 16.6. The minimum Gasteiger partial charge on any atom is -0.444 e. The van der Waals surface area contributed by atoms with Crippen LogP contribution in [-0.4, -0.2) is 40.6 Å². The number of nitrogens with two attached hydrogens (primary N) is 1. The normalized spacial score (nSPS) is 14.4. The van der Waals surface area contributed by atoms with Gasteiger partial charge < -0.3 is 25.8 Å². The maximum atomic E-state index is 12.5. The Kier molecular flexibility index (Phi) is 6.90. The summed E-state index contributed by atoms with van der Waals surface area (Å²) in [7, 11) is 0. The van der Waals surface area contributed by atoms with Crippen LogP contribution in [0, 0.1) is 0 Å². The van der Waals surface area contributed by atoms with Gasteiger partial charge in [0, 0.05) is 0 Å². The number of hydrogen-bond acceptors (Lipinski definition) is 9. The summed E-state index contributed by atoms with van der Waals surface area (Å²) in [4.78, 5) is 40.2. The number of azo groups is 1. The number of hydrogen-bond donors (Lipinski definition) is 3. The number of benzene rings is 1. The van der Waals surface area contributed by atoms with E-state index in [0.29, 0.717) is 18.6 Å². The van der Waals surface area contributed by atoms with Gasteiger partial charge in [-0.05, 0) is 57.9 Å². The largest absolute Gasteiger partial charge is 0.444 e. The average Bonchev–Trinajstić information content (AvgIpc) is 3.52. The Labute approximate surface area is 190 Å². The smallest absolute Gasteiger partial charge is 0.408 e. The van der Waals surface area contributed by atoms with Gasteiger partial charge in [-0.15, -0.1) is 0 Å². The molecule has 0 radical (unpaired) electrons. The molecule has 11 heteroatoms. The second-order valence-corrected chi connectivity index (χ2v) is 8.44. The summed E-state index contributed by atoms with van der Waals surface area (Å²) in [5.41, 5.74) is 4.47. The quantitative estimate of drug-likeness (QED) is 0.329. The molecule has 0 aliphatic heterocycles. The first-order chi connectivity index (χ1) is 15.6. The van der Waals surface area contributed by atoms with E-state index in [1.54, 1.807) is 45.0 Å². The number of rotatable bonds is 7. The number of ether oxygens (including phenoxy) is 2. The zero-order valence-corrected chi connectivity index (χ0v) is 18.6. The van der Waals surface area contributed by atoms with Gasteiger partial charge in [0.25, 0.3) is 0 Å². The van der Waals surface area contributed by atoms with E-state index in [1.807, 2.05) is 6.07 Å². The molecule has 1 aromatic heterocycles. The molecule has 11 nitrogen and oxygen atoms in total. The Morgan fingerprint density at radius 1 is 1.12 bits per heavy atom. The second kappa shape index (κ2) is 9.63. The number of anilines is 2. The van der Waals surface area contributed by atoms with Crippen LogP contribution in [0.4, 0.5) is 22.1 Å². The molecule has 1 saturated carbocycles. The molecular formula is C22H26N6O5. The van der Waals surface area contributed by atoms with Crippen LogP contribution in [0.1, 0.15) is 33.6 Å². The zero-order chi connectivity index (χ0) is 24.1. The predicted octanol–water partition coefficient (Wildman–Crippen LogP) is 3.35. The predicted molar refractivity (Wildman–Crippen MR) is 120 cm³/mol. The molecule has 2 amide bonds. The number of para-hydroxylation sites is 1. The Hall–Kier alpha value is -4.02. The van der Waals surface area contributed by atoms with Gasteiger partial charge >= 0.3 is 12.1 Å². The molecule has 0 atom stereocenters. The minimum absolute atomic E-state index is 0.0175. The number of nitrogens with zero attached hydrogens (tertiary/aromatic N) is 3. The van der Waals surface area contributed by atoms with E-state index in [4.69, 9.17) is 15.2 Å². The first kappa shape index (κ1) is 23.6. The number of carbonyl (C=O) groups excluding carboxylic acids is 3. The van der Waals surface area contributed by atoms with Crippen molar-refractivity contribution < 1.29 is 23.9 Å². The Balaban J connectivity index is 1.55. The van der Waals surface area contributed by atoms with Crippen LogP contribution >= 0.6 is 0 Å². The molecule has 33 heavy (non-hydrogen) atoms. The van der Waals surface area contributed by atoms with Crippen LogP contribution in [0.2, 0.25) is 0 Å². The van der Waals surface area contributed by atoms with Crippen LogP contribution < -0.4 is 21.1 Å². The number of alkyl carbamates (subject to hydrolysis) is 1. The molecule has 1 aromatic carbocycles. The van der Waals surface area contributed by atoms with Crippen molar-refractivity contribution in [2.24, 2.45) is 10.2 Å². The third-order valence-corrected chi connectivity index (χ3v) is 4.37. The highest BCUT2D eigenvalue weighted by molar-refractivity contribution is 5.93. The number of nitrogens with one attached hydrogen (secondary N) is 2. The van der Waals surface area contributed by atoms with Gasteiger partial charge in [0.1, 0.15) is 29.4 Å². The first-order valence-electron chi connectivity index (χ1n) is 10.3. The lowest BCUT2D eigenvalue weighted by Crippen LogP contribution is -2.37. The van der Waals surface area contributed by atoms with Crippen molar-refractivity contribution in [2.45, 2.75) is 44.8 Å². The van der Waals surface area contributed by atoms with Crippen molar-refractivity contribution >= 4 is 35.3 Å². The van der Waals surface area contributed by atoms with Gasteiger partial charge in [-0.25, -0.2) is 14.6 Å². The lowest BCUT2D eigenvalue weighted by Gasteiger charge is -2.19. The number of amides is 2. The molecule has 0 unspecified atom stereocenters. The molecule has 174 valence electrons. The number of carbonyl (C=O) groups is 3. The fourth-order valence-corrected chi connectivity index (χ4v) is 2.58. The molecule has 1 aliphatic rings. The second-order valence-electron chi connectivity index (χ2n) is 8.44. The van der Waals surface area contributed by atoms with E-state index in [1.165, 1.54) is 12.1 Å². The molecule has 0 bridgehead atoms. The van der Waals surface area contributed by atoms with E-state index in [9.17, 15) is 14.4 Å². The molecule has 0 saturated heterocycles. The van der Waals surface area contributed by atoms with Gasteiger partial charge in [0.05, 0.1) is 0 Å². The summed E-state index contributed by atoms with van der Waals surface area (Å²) in [5, 5.41) is 13.1. The first-order valence-corrected chi connectivity index (χ1v) is 10.3. The number of aromatic nitrogens is 1. The van der Waals surface area contributed by atoms with E-state index >= 15 is 0 Å². The maximum absolute atomic E-state index is 12.5. The highest BCUT2D eigenvalue weighted by Crippen LogP contribution is 2.42. The minimum atomic E-state index is -1.03. The number of esters is 1. The van der Waals surface area contributed by atoms with Crippen molar-refractivity contribution in [2.75, 3.05) is 17.6 Å². The number of nitrogen functional groups attached to an aromatic ring is 1. The summed E-state index contributed by atoms with van der Waals surface area (Å²) in [6, 6.07) is 11.7. The lowest BCUT2D eigenvalue weighted by atomic mass is 10.2. The molecule has 2 aromatic rings. The standard InChI is InChI=1S/C22H26N6O5/c1-21(2,3)33-20(31)24-13-17(29)25-16-10-9-15(18(23)26-16)27-28-22(11-12-22)19(30)32-14-7-5-4-6-8-14/h4-10H,11-13H2,1-3H3,(H,24,31)(H3,23,25,26,29)/b28-27+. The average molecular weight is 454 g/mol. The summed E-state index contributed by atoms with van der Waals surface area (Å²) in [6.45, 7) is 4.85. The summed E-state index contributed by atoms with van der Waals surface area (Å²) in [6.07, 6.45) is 0.337. The summed E-state index contributed by atoms with van der Waals surface area (Å²) >= 11 is 0. The molecule has 1 fully saturated rings. The zero-order valence-electron chi connectivity index (χ0n) is 18.6. The number of pyridine rings is 1. The fraction of sp³-hybridized carbons (Fsp3) is 0.364. The Morgan fingerprint density at radius 2 is 1.82 bits per heavy atom. The van der Waals surface area contributed by atoms with Crippen LogP contribution in [0.3, 0.4) is 0 Å². The van der Waals surface area contributed by atoms with Gasteiger partial charge in [-0.1, -0.05) is 18.2 Å². The molecule has 0 spiro atoms. The summed E-state index contributed by atoms with van der Waals surface area (Å²) < 4.78 is 10.4. The van der Waals surface area contributed by atoms with E-state index in [2.05, 4.69) is 25.8 Å². The maximum Gasteiger partial charge on any atom is 0.408 e. The summed E-state index contributed by atoms with van der Waals surface area (Å²) in [5.74, 6) is -0.365. The fourth-order valence-electron chi connectivity index (χ4n) is 2.58. The van der Waals surface area contributed by atoms with Gasteiger partial charge in [0.2, 0.25) is 5.91 Å². The van der Waals surface area contributed by atoms with Crippen molar-refractivity contribution in [3.63, 3.8) is 0 Å². The van der Waals surface area contributed by atoms with Crippen molar-refractivity contribution in [3.8, 4) is 5.75 Å². The van der Waals surface area contributed by atoms with Gasteiger partial charge in [-0.3, -0.25) is 4.79 Å². The highest BCUT2D eigenvalue weighted by Gasteiger charge is 2.53. The van der Waals surface area contributed by atoms with Crippen LogP contribution in [0.15, 0.2) is 52.7 Å². The Bertz CT molecular complexity index is 1060. The SMILES string of the molecule is CC(C)(C)OC(=O)NCC(=O)Nc1ccc(/N=N/C2(C(=O)Oc3ccccc3)CC2)c(N)n1. The monoisotopic (exact) mass is 454 g/mol. The topological polar surface area (TPSA) is 157 Å².